The Morgan fingerprint density at radius 2 is 1.93 bits per heavy atom. The smallest absolute Gasteiger partial charge is 0.192 e. The average Bonchev–Trinajstić information content (AvgIpc) is 2.69. The lowest BCUT2D eigenvalue weighted by molar-refractivity contribution is 0.211. The third kappa shape index (κ3) is 6.85. The molecule has 0 saturated carbocycles. The van der Waals surface area contributed by atoms with Crippen molar-refractivity contribution in [3.8, 4) is 0 Å². The van der Waals surface area contributed by atoms with Gasteiger partial charge in [0.2, 0.25) is 0 Å². The van der Waals surface area contributed by atoms with Gasteiger partial charge in [-0.2, -0.15) is 0 Å². The van der Waals surface area contributed by atoms with E-state index in [4.69, 9.17) is 4.74 Å². The molecule has 0 saturated heterocycles. The summed E-state index contributed by atoms with van der Waals surface area (Å²) < 4.78 is 18.9. The first-order valence-corrected chi connectivity index (χ1v) is 9.66. The third-order valence-electron chi connectivity index (χ3n) is 4.40. The lowest BCUT2D eigenvalue weighted by atomic mass is 10.1. The molecule has 2 aromatic rings. The number of nitrogens with one attached hydrogen (secondary N) is 3. The summed E-state index contributed by atoms with van der Waals surface area (Å²) in [6.07, 6.45) is 0. The fourth-order valence-corrected chi connectivity index (χ4v) is 2.68. The fraction of sp³-hybridized carbons (Fsp3) is 0.409. The molecule has 0 spiro atoms. The van der Waals surface area contributed by atoms with E-state index in [9.17, 15) is 4.39 Å². The van der Waals surface area contributed by atoms with Crippen molar-refractivity contribution in [2.75, 3.05) is 32.1 Å². The van der Waals surface area contributed by atoms with E-state index in [1.807, 2.05) is 32.0 Å². The standard InChI is InChI=1S/C22H31FN4O/c1-5-24-22(27-17(3)19-9-6-16(2)21(23)14-19)26-15-18-7-10-20(11-8-18)25-12-13-28-4/h6-11,14,17,25H,5,12-13,15H2,1-4H3,(H2,24,26,27). The van der Waals surface area contributed by atoms with Crippen LogP contribution in [0.5, 0.6) is 0 Å². The molecule has 6 heteroatoms. The minimum absolute atomic E-state index is 0.0553. The molecule has 0 radical (unpaired) electrons. The predicted molar refractivity (Wildman–Crippen MR) is 114 cm³/mol. The lowest BCUT2D eigenvalue weighted by Crippen LogP contribution is -2.38. The van der Waals surface area contributed by atoms with Gasteiger partial charge in [-0.1, -0.05) is 24.3 Å². The summed E-state index contributed by atoms with van der Waals surface area (Å²) in [4.78, 5) is 4.65. The predicted octanol–water partition coefficient (Wildman–Crippen LogP) is 4.01. The van der Waals surface area contributed by atoms with Crippen LogP contribution in [0.1, 0.15) is 36.6 Å². The molecule has 0 aromatic heterocycles. The van der Waals surface area contributed by atoms with Gasteiger partial charge in [0.1, 0.15) is 5.82 Å². The molecule has 1 atom stereocenters. The summed E-state index contributed by atoms with van der Waals surface area (Å²) in [6.45, 7) is 8.55. The van der Waals surface area contributed by atoms with Gasteiger partial charge in [0.25, 0.3) is 0 Å². The number of aryl methyl sites for hydroxylation is 1. The molecule has 28 heavy (non-hydrogen) atoms. The highest BCUT2D eigenvalue weighted by Gasteiger charge is 2.09. The quantitative estimate of drug-likeness (QED) is 0.346. The van der Waals surface area contributed by atoms with E-state index in [2.05, 4.69) is 33.1 Å². The molecule has 2 aromatic carbocycles. The number of rotatable bonds is 9. The molecule has 0 aliphatic carbocycles. The molecule has 3 N–H and O–H groups in total. The minimum atomic E-state index is -0.188. The Bertz CT molecular complexity index is 762. The Kier molecular flexibility index (Phi) is 8.75. The van der Waals surface area contributed by atoms with Crippen molar-refractivity contribution in [2.45, 2.75) is 33.4 Å². The summed E-state index contributed by atoms with van der Waals surface area (Å²) in [5.74, 6) is 0.519. The van der Waals surface area contributed by atoms with Crippen LogP contribution in [0.25, 0.3) is 0 Å². The maximum Gasteiger partial charge on any atom is 0.192 e. The zero-order valence-electron chi connectivity index (χ0n) is 17.2. The van der Waals surface area contributed by atoms with E-state index in [-0.39, 0.29) is 11.9 Å². The van der Waals surface area contributed by atoms with E-state index in [1.165, 1.54) is 0 Å². The van der Waals surface area contributed by atoms with Crippen molar-refractivity contribution in [3.63, 3.8) is 0 Å². The number of ether oxygens (including phenoxy) is 1. The van der Waals surface area contributed by atoms with Crippen molar-refractivity contribution < 1.29 is 9.13 Å². The first kappa shape index (κ1) is 21.7. The SMILES string of the molecule is CCNC(=NCc1ccc(NCCOC)cc1)NC(C)c1ccc(C)c(F)c1. The van der Waals surface area contributed by atoms with Crippen LogP contribution in [0.3, 0.4) is 0 Å². The number of anilines is 1. The summed E-state index contributed by atoms with van der Waals surface area (Å²) >= 11 is 0. The number of aliphatic imine (C=N–C) groups is 1. The summed E-state index contributed by atoms with van der Waals surface area (Å²) in [7, 11) is 1.69. The van der Waals surface area contributed by atoms with E-state index in [0.29, 0.717) is 24.7 Å². The highest BCUT2D eigenvalue weighted by molar-refractivity contribution is 5.80. The maximum atomic E-state index is 13.8. The van der Waals surface area contributed by atoms with Crippen LogP contribution in [-0.4, -0.2) is 32.8 Å². The second-order valence-corrected chi connectivity index (χ2v) is 6.69. The molecule has 0 aliphatic rings. The molecule has 5 nitrogen and oxygen atoms in total. The summed E-state index contributed by atoms with van der Waals surface area (Å²) in [5, 5.41) is 9.88. The molecule has 0 fully saturated rings. The number of hydrogen-bond donors (Lipinski definition) is 3. The number of guanidine groups is 1. The lowest BCUT2D eigenvalue weighted by Gasteiger charge is -2.18. The molecule has 0 amide bonds. The third-order valence-corrected chi connectivity index (χ3v) is 4.40. The van der Waals surface area contributed by atoms with Gasteiger partial charge in [-0.3, -0.25) is 0 Å². The van der Waals surface area contributed by atoms with E-state index in [0.717, 1.165) is 29.9 Å². The van der Waals surface area contributed by atoms with Gasteiger partial charge in [-0.15, -0.1) is 0 Å². The van der Waals surface area contributed by atoms with Gasteiger partial charge >= 0.3 is 0 Å². The van der Waals surface area contributed by atoms with Gasteiger partial charge in [-0.25, -0.2) is 9.38 Å². The summed E-state index contributed by atoms with van der Waals surface area (Å²) in [6, 6.07) is 13.5. The zero-order valence-corrected chi connectivity index (χ0v) is 17.2. The van der Waals surface area contributed by atoms with Crippen LogP contribution >= 0.6 is 0 Å². The fourth-order valence-electron chi connectivity index (χ4n) is 2.68. The molecule has 2 rings (SSSR count). The second kappa shape index (κ2) is 11.3. The molecule has 152 valence electrons. The Balaban J connectivity index is 1.98. The van der Waals surface area contributed by atoms with Crippen LogP contribution in [0.2, 0.25) is 0 Å². The van der Waals surface area contributed by atoms with Gasteiger partial charge in [0.05, 0.1) is 19.2 Å². The van der Waals surface area contributed by atoms with E-state index in [1.54, 1.807) is 26.2 Å². The Morgan fingerprint density at radius 1 is 1.18 bits per heavy atom. The van der Waals surface area contributed by atoms with Gasteiger partial charge in [-0.05, 0) is 55.7 Å². The first-order valence-electron chi connectivity index (χ1n) is 9.66. The monoisotopic (exact) mass is 386 g/mol. The minimum Gasteiger partial charge on any atom is -0.383 e. The normalized spacial score (nSPS) is 12.5. The van der Waals surface area contributed by atoms with Crippen molar-refractivity contribution in [3.05, 3.63) is 65.0 Å². The molecule has 0 aliphatic heterocycles. The van der Waals surface area contributed by atoms with Gasteiger partial charge in [0.15, 0.2) is 5.96 Å². The molecular weight excluding hydrogens is 355 g/mol. The van der Waals surface area contributed by atoms with Crippen LogP contribution in [0.15, 0.2) is 47.5 Å². The number of benzene rings is 2. The van der Waals surface area contributed by atoms with E-state index < -0.39 is 0 Å². The second-order valence-electron chi connectivity index (χ2n) is 6.69. The summed E-state index contributed by atoms with van der Waals surface area (Å²) in [5.41, 5.74) is 3.71. The van der Waals surface area contributed by atoms with Crippen molar-refractivity contribution in [2.24, 2.45) is 4.99 Å². The molecule has 1 unspecified atom stereocenters. The maximum absolute atomic E-state index is 13.8. The first-order chi connectivity index (χ1) is 13.5. The Morgan fingerprint density at radius 3 is 2.57 bits per heavy atom. The highest BCUT2D eigenvalue weighted by Crippen LogP contribution is 2.16. The Hall–Kier alpha value is -2.60. The number of halogens is 1. The largest absolute Gasteiger partial charge is 0.383 e. The van der Waals surface area contributed by atoms with Gasteiger partial charge < -0.3 is 20.7 Å². The van der Waals surface area contributed by atoms with Crippen molar-refractivity contribution >= 4 is 11.6 Å². The van der Waals surface area contributed by atoms with Crippen molar-refractivity contribution in [1.82, 2.24) is 10.6 Å². The van der Waals surface area contributed by atoms with Crippen LogP contribution in [0, 0.1) is 12.7 Å². The zero-order chi connectivity index (χ0) is 20.4. The highest BCUT2D eigenvalue weighted by atomic mass is 19.1. The number of methoxy groups -OCH3 is 1. The average molecular weight is 387 g/mol. The van der Waals surface area contributed by atoms with Crippen molar-refractivity contribution in [1.29, 1.82) is 0 Å². The molecule has 0 bridgehead atoms. The van der Waals surface area contributed by atoms with Crippen LogP contribution in [-0.2, 0) is 11.3 Å². The molecular formula is C22H31FN4O. The Labute approximate surface area is 167 Å². The number of nitrogens with zero attached hydrogens (tertiary/aromatic N) is 1. The number of hydrogen-bond acceptors (Lipinski definition) is 3. The van der Waals surface area contributed by atoms with Crippen LogP contribution < -0.4 is 16.0 Å². The van der Waals surface area contributed by atoms with Crippen LogP contribution in [0.4, 0.5) is 10.1 Å². The van der Waals surface area contributed by atoms with E-state index >= 15 is 0 Å². The molecule has 0 heterocycles. The topological polar surface area (TPSA) is 57.7 Å². The van der Waals surface area contributed by atoms with Gasteiger partial charge in [0, 0.05) is 25.9 Å².